The molecule has 160 valence electrons. The molecule has 0 bridgehead atoms. The number of methoxy groups -OCH3 is 1. The van der Waals surface area contributed by atoms with E-state index in [9.17, 15) is 4.55 Å². The summed E-state index contributed by atoms with van der Waals surface area (Å²) in [5, 5.41) is 0.158. The minimum Gasteiger partial charge on any atom is -0.597 e. The summed E-state index contributed by atoms with van der Waals surface area (Å²) in [6.45, 7) is 20.3. The van der Waals surface area contributed by atoms with E-state index in [-0.39, 0.29) is 21.9 Å². The van der Waals surface area contributed by atoms with Crippen LogP contribution in [-0.4, -0.2) is 41.7 Å². The normalized spacial score (nSPS) is 23.1. The van der Waals surface area contributed by atoms with Crippen LogP contribution in [0.3, 0.4) is 0 Å². The molecular formula is C22H39NO3SSi. The summed E-state index contributed by atoms with van der Waals surface area (Å²) in [6.07, 6.45) is 0.963. The number of benzene rings is 1. The lowest BCUT2D eigenvalue weighted by atomic mass is 9.99. The highest BCUT2D eigenvalue weighted by Crippen LogP contribution is 2.44. The largest absolute Gasteiger partial charge is 0.597 e. The maximum Gasteiger partial charge on any atom is 0.192 e. The van der Waals surface area contributed by atoms with Crippen molar-refractivity contribution in [3.05, 3.63) is 29.3 Å². The van der Waals surface area contributed by atoms with Gasteiger partial charge in [0.05, 0.1) is 25.8 Å². The predicted molar refractivity (Wildman–Crippen MR) is 122 cm³/mol. The highest BCUT2D eigenvalue weighted by atomic mass is 32.2. The fourth-order valence-electron chi connectivity index (χ4n) is 3.48. The van der Waals surface area contributed by atoms with Crippen LogP contribution in [0.2, 0.25) is 18.1 Å². The number of hydrogen-bond donors (Lipinski definition) is 0. The van der Waals surface area contributed by atoms with Crippen molar-refractivity contribution < 1.29 is 13.7 Å². The summed E-state index contributed by atoms with van der Waals surface area (Å²) >= 11 is -1.10. The molecule has 0 N–H and O–H groups in total. The number of hydrogen-bond acceptors (Lipinski definition) is 4. The zero-order chi connectivity index (χ0) is 21.5. The molecule has 0 aliphatic carbocycles. The number of rotatable bonds is 5. The van der Waals surface area contributed by atoms with Crippen molar-refractivity contribution in [3.63, 3.8) is 0 Å². The van der Waals surface area contributed by atoms with Gasteiger partial charge in [-0.3, -0.25) is 0 Å². The van der Waals surface area contributed by atoms with Crippen molar-refractivity contribution in [1.29, 1.82) is 0 Å². The van der Waals surface area contributed by atoms with Gasteiger partial charge in [-0.25, -0.2) is 0 Å². The van der Waals surface area contributed by atoms with Crippen LogP contribution in [0.4, 0.5) is 0 Å². The summed E-state index contributed by atoms with van der Waals surface area (Å²) in [6, 6.07) is 6.23. The molecule has 4 nitrogen and oxygen atoms in total. The van der Waals surface area contributed by atoms with E-state index in [0.29, 0.717) is 6.54 Å². The van der Waals surface area contributed by atoms with Crippen molar-refractivity contribution in [2.45, 2.75) is 89.9 Å². The van der Waals surface area contributed by atoms with E-state index in [0.717, 1.165) is 17.7 Å². The molecule has 1 aromatic carbocycles. The quantitative estimate of drug-likeness (QED) is 0.455. The molecule has 6 heteroatoms. The van der Waals surface area contributed by atoms with Gasteiger partial charge in [0.1, 0.15) is 10.5 Å². The Morgan fingerprint density at radius 3 is 2.25 bits per heavy atom. The van der Waals surface area contributed by atoms with Crippen molar-refractivity contribution in [2.75, 3.05) is 13.7 Å². The topological polar surface area (TPSA) is 44.8 Å². The molecule has 0 radical (unpaired) electrons. The van der Waals surface area contributed by atoms with Gasteiger partial charge in [-0.15, -0.1) is 4.31 Å². The van der Waals surface area contributed by atoms with Crippen LogP contribution in [0.1, 0.15) is 65.1 Å². The zero-order valence-corrected chi connectivity index (χ0v) is 21.2. The highest BCUT2D eigenvalue weighted by molar-refractivity contribution is 7.90. The Hall–Kier alpha value is -0.533. The molecule has 1 aliphatic heterocycles. The molecule has 1 aromatic rings. The Morgan fingerprint density at radius 2 is 1.75 bits per heavy atom. The first-order chi connectivity index (χ1) is 12.7. The summed E-state index contributed by atoms with van der Waals surface area (Å²) in [7, 11) is -0.189. The van der Waals surface area contributed by atoms with E-state index in [2.05, 4.69) is 51.2 Å². The molecular weight excluding hydrogens is 386 g/mol. The molecule has 1 fully saturated rings. The molecule has 0 spiro atoms. The van der Waals surface area contributed by atoms with E-state index in [1.165, 1.54) is 5.56 Å². The van der Waals surface area contributed by atoms with E-state index in [1.807, 2.05) is 32.9 Å². The molecule has 1 aliphatic rings. The number of nitrogens with zero attached hydrogens (tertiary/aromatic N) is 1. The molecule has 2 rings (SSSR count). The molecule has 1 unspecified atom stereocenters. The van der Waals surface area contributed by atoms with Crippen LogP contribution in [0, 0.1) is 6.92 Å². The van der Waals surface area contributed by atoms with Crippen LogP contribution < -0.4 is 4.74 Å². The second-order valence-electron chi connectivity index (χ2n) is 10.4. The Labute approximate surface area is 176 Å². The Bertz CT molecular complexity index is 681. The van der Waals surface area contributed by atoms with Gasteiger partial charge in [-0.05, 0) is 69.4 Å². The SMILES string of the molecule is COc1cccc([C@@H]2C[C@H](O[Si](C)(C)C(C)(C)C)CN2[S+]([O-])C(C)(C)C)c1C. The standard InChI is InChI=1S/C22H39NO3SSi/c1-16-18(12-11-13-20(16)25-8)19-14-17(26-28(9,10)22(5,6)7)15-23(19)27(24)21(2,3)4/h11-13,17,19H,14-15H2,1-10H3/t17-,19-,27?/m0/s1. The van der Waals surface area contributed by atoms with Crippen LogP contribution >= 0.6 is 0 Å². The summed E-state index contributed by atoms with van der Waals surface area (Å²) in [5.74, 6) is 0.882. The van der Waals surface area contributed by atoms with Crippen LogP contribution in [-0.2, 0) is 15.8 Å². The first-order valence-electron chi connectivity index (χ1n) is 10.2. The van der Waals surface area contributed by atoms with E-state index < -0.39 is 19.7 Å². The van der Waals surface area contributed by atoms with Gasteiger partial charge in [-0.1, -0.05) is 32.9 Å². The molecule has 0 aromatic heterocycles. The van der Waals surface area contributed by atoms with E-state index in [4.69, 9.17) is 9.16 Å². The maximum atomic E-state index is 13.4. The minimum absolute atomic E-state index is 0.0740. The minimum atomic E-state index is -1.89. The van der Waals surface area contributed by atoms with Gasteiger partial charge < -0.3 is 13.7 Å². The molecule has 0 saturated carbocycles. The van der Waals surface area contributed by atoms with Crippen molar-refractivity contribution in [3.8, 4) is 5.75 Å². The lowest BCUT2D eigenvalue weighted by Gasteiger charge is -2.38. The summed E-state index contributed by atoms with van der Waals surface area (Å²) in [5.41, 5.74) is 2.32. The summed E-state index contributed by atoms with van der Waals surface area (Å²) in [4.78, 5) is 0. The van der Waals surface area contributed by atoms with E-state index in [1.54, 1.807) is 7.11 Å². The van der Waals surface area contributed by atoms with Gasteiger partial charge in [0.2, 0.25) is 0 Å². The second kappa shape index (κ2) is 8.30. The van der Waals surface area contributed by atoms with Crippen molar-refractivity contribution in [2.24, 2.45) is 0 Å². The zero-order valence-electron chi connectivity index (χ0n) is 19.4. The summed E-state index contributed by atoms with van der Waals surface area (Å²) < 4.78 is 27.5. The van der Waals surface area contributed by atoms with Gasteiger partial charge in [0.25, 0.3) is 0 Å². The van der Waals surface area contributed by atoms with Crippen LogP contribution in [0.25, 0.3) is 0 Å². The predicted octanol–water partition coefficient (Wildman–Crippen LogP) is 5.60. The smallest absolute Gasteiger partial charge is 0.192 e. The van der Waals surface area contributed by atoms with Crippen molar-refractivity contribution in [1.82, 2.24) is 4.31 Å². The molecule has 1 heterocycles. The molecule has 3 atom stereocenters. The lowest BCUT2D eigenvalue weighted by Crippen LogP contribution is -2.46. The van der Waals surface area contributed by atoms with Crippen LogP contribution in [0.15, 0.2) is 18.2 Å². The van der Waals surface area contributed by atoms with Gasteiger partial charge in [-0.2, -0.15) is 0 Å². The third-order valence-corrected chi connectivity index (χ3v) is 12.5. The monoisotopic (exact) mass is 425 g/mol. The van der Waals surface area contributed by atoms with Crippen molar-refractivity contribution >= 4 is 19.7 Å². The highest BCUT2D eigenvalue weighted by Gasteiger charge is 2.48. The lowest BCUT2D eigenvalue weighted by molar-refractivity contribution is 0.193. The Balaban J connectivity index is 2.38. The van der Waals surface area contributed by atoms with Gasteiger partial charge in [0, 0.05) is 11.4 Å². The number of ether oxygens (including phenoxy) is 1. The third kappa shape index (κ3) is 4.96. The Morgan fingerprint density at radius 1 is 1.14 bits per heavy atom. The molecule has 0 amide bonds. The average molecular weight is 426 g/mol. The molecule has 28 heavy (non-hydrogen) atoms. The Kier molecular flexibility index (Phi) is 7.04. The fraction of sp³-hybridized carbons (Fsp3) is 0.727. The first-order valence-corrected chi connectivity index (χ1v) is 14.2. The third-order valence-electron chi connectivity index (χ3n) is 6.13. The fourth-order valence-corrected chi connectivity index (χ4v) is 6.27. The van der Waals surface area contributed by atoms with Crippen LogP contribution in [0.5, 0.6) is 5.75 Å². The average Bonchev–Trinajstić information content (AvgIpc) is 2.95. The maximum absolute atomic E-state index is 13.4. The molecule has 1 saturated heterocycles. The van der Waals surface area contributed by atoms with Gasteiger partial charge in [0.15, 0.2) is 8.32 Å². The van der Waals surface area contributed by atoms with E-state index >= 15 is 0 Å². The first kappa shape index (κ1) is 23.7. The van der Waals surface area contributed by atoms with Gasteiger partial charge >= 0.3 is 0 Å². The second-order valence-corrected chi connectivity index (χ2v) is 17.3.